The molecule has 0 spiro atoms. The van der Waals surface area contributed by atoms with Gasteiger partial charge in [-0.25, -0.2) is 4.39 Å². The van der Waals surface area contributed by atoms with Crippen molar-refractivity contribution in [2.75, 3.05) is 11.1 Å². The Hall–Kier alpha value is -2.02. The van der Waals surface area contributed by atoms with Crippen LogP contribution in [0.3, 0.4) is 0 Å². The van der Waals surface area contributed by atoms with Gasteiger partial charge in [-0.3, -0.25) is 4.79 Å². The molecule has 2 rings (SSSR count). The normalized spacial score (nSPS) is 10.3. The summed E-state index contributed by atoms with van der Waals surface area (Å²) in [6.07, 6.45) is 0. The second-order valence-electron chi connectivity index (χ2n) is 3.88. The zero-order chi connectivity index (χ0) is 14.0. The first-order valence-electron chi connectivity index (χ1n) is 5.33. The number of amides is 1. The lowest BCUT2D eigenvalue weighted by molar-refractivity contribution is 0.102. The maximum absolute atomic E-state index is 13.4. The van der Waals surface area contributed by atoms with E-state index in [-0.39, 0.29) is 11.5 Å². The zero-order valence-corrected chi connectivity index (χ0v) is 11.5. The average molecular weight is 325 g/mol. The molecule has 2 aromatic rings. The Bertz CT molecular complexity index is 630. The van der Waals surface area contributed by atoms with Gasteiger partial charge in [-0.2, -0.15) is 0 Å². The first-order valence-corrected chi connectivity index (χ1v) is 6.13. The summed E-state index contributed by atoms with van der Waals surface area (Å²) in [5, 5.41) is 9.81. The van der Waals surface area contributed by atoms with E-state index in [0.29, 0.717) is 10.2 Å². The minimum absolute atomic E-state index is 0.108. The fraction of sp³-hybridized carbons (Fsp3) is 0.0833. The topological polar surface area (TPSA) is 80.9 Å². The van der Waals surface area contributed by atoms with Crippen molar-refractivity contribution < 1.29 is 9.18 Å². The number of anilines is 2. The maximum atomic E-state index is 13.4. The molecule has 0 bridgehead atoms. The molecular weight excluding hydrogens is 315 g/mol. The SMILES string of the molecule is Cc1cc(Br)c(F)cc1NC(=O)c1ccc(N)nn1. The van der Waals surface area contributed by atoms with Crippen LogP contribution in [0, 0.1) is 12.7 Å². The predicted molar refractivity (Wildman–Crippen MR) is 73.2 cm³/mol. The molecule has 0 saturated carbocycles. The number of nitrogens with one attached hydrogen (secondary N) is 1. The predicted octanol–water partition coefficient (Wildman–Crippen LogP) is 2.52. The summed E-state index contributed by atoms with van der Waals surface area (Å²) in [6.45, 7) is 1.76. The Morgan fingerprint density at radius 2 is 2.11 bits per heavy atom. The van der Waals surface area contributed by atoms with E-state index in [4.69, 9.17) is 5.73 Å². The molecule has 0 aliphatic rings. The van der Waals surface area contributed by atoms with Crippen LogP contribution in [0.1, 0.15) is 16.1 Å². The van der Waals surface area contributed by atoms with Gasteiger partial charge >= 0.3 is 0 Å². The van der Waals surface area contributed by atoms with Crippen LogP contribution in [0.2, 0.25) is 0 Å². The Balaban J connectivity index is 2.24. The van der Waals surface area contributed by atoms with E-state index in [2.05, 4.69) is 31.4 Å². The third kappa shape index (κ3) is 3.05. The standard InChI is InChI=1S/C12H10BrFN4O/c1-6-4-7(13)8(14)5-10(6)16-12(19)9-2-3-11(15)18-17-9/h2-5H,1H3,(H2,15,18)(H,16,19). The average Bonchev–Trinajstić information content (AvgIpc) is 2.36. The van der Waals surface area contributed by atoms with Gasteiger partial charge in [0.1, 0.15) is 11.6 Å². The van der Waals surface area contributed by atoms with Gasteiger partial charge < -0.3 is 11.1 Å². The number of benzene rings is 1. The molecule has 1 aromatic carbocycles. The molecule has 0 aliphatic heterocycles. The van der Waals surface area contributed by atoms with Crippen molar-refractivity contribution in [1.29, 1.82) is 0 Å². The number of nitrogen functional groups attached to an aromatic ring is 1. The van der Waals surface area contributed by atoms with Crippen molar-refractivity contribution >= 4 is 33.3 Å². The largest absolute Gasteiger partial charge is 0.382 e. The van der Waals surface area contributed by atoms with Gasteiger partial charge in [0.15, 0.2) is 5.69 Å². The number of rotatable bonds is 2. The van der Waals surface area contributed by atoms with Crippen molar-refractivity contribution in [1.82, 2.24) is 10.2 Å². The van der Waals surface area contributed by atoms with E-state index >= 15 is 0 Å². The summed E-state index contributed by atoms with van der Waals surface area (Å²) in [5.74, 6) is -0.705. The number of nitrogens with two attached hydrogens (primary N) is 1. The molecule has 1 aromatic heterocycles. The van der Waals surface area contributed by atoms with Gasteiger partial charge in [-0.15, -0.1) is 10.2 Å². The highest BCUT2D eigenvalue weighted by atomic mass is 79.9. The van der Waals surface area contributed by atoms with Crippen molar-refractivity contribution in [3.8, 4) is 0 Å². The monoisotopic (exact) mass is 324 g/mol. The van der Waals surface area contributed by atoms with Crippen LogP contribution in [0.5, 0.6) is 0 Å². The number of halogens is 2. The number of aromatic nitrogens is 2. The van der Waals surface area contributed by atoms with Gasteiger partial charge in [0, 0.05) is 5.69 Å². The molecule has 1 amide bonds. The molecule has 0 aliphatic carbocycles. The summed E-state index contributed by atoms with van der Waals surface area (Å²) >= 11 is 3.08. The molecule has 7 heteroatoms. The highest BCUT2D eigenvalue weighted by Crippen LogP contribution is 2.24. The number of hydrogen-bond acceptors (Lipinski definition) is 4. The van der Waals surface area contributed by atoms with Crippen molar-refractivity contribution in [2.24, 2.45) is 0 Å². The molecule has 0 saturated heterocycles. The molecule has 3 N–H and O–H groups in total. The first-order chi connectivity index (χ1) is 8.97. The van der Waals surface area contributed by atoms with Crippen LogP contribution in [0.4, 0.5) is 15.9 Å². The number of carbonyl (C=O) groups is 1. The Labute approximate surface area is 117 Å². The first kappa shape index (κ1) is 13.4. The summed E-state index contributed by atoms with van der Waals surface area (Å²) in [4.78, 5) is 11.9. The van der Waals surface area contributed by atoms with E-state index in [1.165, 1.54) is 18.2 Å². The number of hydrogen-bond donors (Lipinski definition) is 2. The van der Waals surface area contributed by atoms with Crippen LogP contribution in [0.25, 0.3) is 0 Å². The zero-order valence-electron chi connectivity index (χ0n) is 9.95. The van der Waals surface area contributed by atoms with E-state index < -0.39 is 11.7 Å². The molecular formula is C12H10BrFN4O. The molecule has 1 heterocycles. The lowest BCUT2D eigenvalue weighted by Crippen LogP contribution is -2.15. The molecule has 0 radical (unpaired) electrons. The van der Waals surface area contributed by atoms with E-state index in [0.717, 1.165) is 5.56 Å². The van der Waals surface area contributed by atoms with Crippen molar-refractivity contribution in [2.45, 2.75) is 6.92 Å². The Kier molecular flexibility index (Phi) is 3.75. The second kappa shape index (κ2) is 5.31. The second-order valence-corrected chi connectivity index (χ2v) is 4.73. The molecule has 0 atom stereocenters. The van der Waals surface area contributed by atoms with E-state index in [1.54, 1.807) is 13.0 Å². The minimum Gasteiger partial charge on any atom is -0.382 e. The lowest BCUT2D eigenvalue weighted by Gasteiger charge is -2.09. The van der Waals surface area contributed by atoms with E-state index in [9.17, 15) is 9.18 Å². The van der Waals surface area contributed by atoms with Gasteiger partial charge in [0.25, 0.3) is 5.91 Å². The van der Waals surface area contributed by atoms with Gasteiger partial charge in [0.05, 0.1) is 4.47 Å². The summed E-state index contributed by atoms with van der Waals surface area (Å²) in [5.41, 5.74) is 6.59. The number of carbonyl (C=O) groups excluding carboxylic acids is 1. The van der Waals surface area contributed by atoms with E-state index in [1.807, 2.05) is 0 Å². The van der Waals surface area contributed by atoms with Crippen LogP contribution >= 0.6 is 15.9 Å². The molecule has 5 nitrogen and oxygen atoms in total. The summed E-state index contributed by atoms with van der Waals surface area (Å²) in [6, 6.07) is 5.74. The fourth-order valence-electron chi connectivity index (χ4n) is 1.43. The third-order valence-electron chi connectivity index (χ3n) is 2.43. The third-order valence-corrected chi connectivity index (χ3v) is 3.04. The molecule has 0 unspecified atom stereocenters. The molecule has 19 heavy (non-hydrogen) atoms. The van der Waals surface area contributed by atoms with Crippen LogP contribution in [-0.2, 0) is 0 Å². The smallest absolute Gasteiger partial charge is 0.276 e. The van der Waals surface area contributed by atoms with Crippen molar-refractivity contribution in [3.63, 3.8) is 0 Å². The highest BCUT2D eigenvalue weighted by molar-refractivity contribution is 9.10. The summed E-state index contributed by atoms with van der Waals surface area (Å²) in [7, 11) is 0. The fourth-order valence-corrected chi connectivity index (χ4v) is 1.89. The Morgan fingerprint density at radius 3 is 2.74 bits per heavy atom. The lowest BCUT2D eigenvalue weighted by atomic mass is 10.2. The Morgan fingerprint density at radius 1 is 1.37 bits per heavy atom. The molecule has 98 valence electrons. The number of nitrogens with zero attached hydrogens (tertiary/aromatic N) is 2. The van der Waals surface area contributed by atoms with Gasteiger partial charge in [-0.05, 0) is 52.7 Å². The number of aryl methyl sites for hydroxylation is 1. The summed E-state index contributed by atoms with van der Waals surface area (Å²) < 4.78 is 13.8. The highest BCUT2D eigenvalue weighted by Gasteiger charge is 2.11. The molecule has 0 fully saturated rings. The van der Waals surface area contributed by atoms with Crippen molar-refractivity contribution in [3.05, 3.63) is 45.8 Å². The van der Waals surface area contributed by atoms with Gasteiger partial charge in [-0.1, -0.05) is 0 Å². The quantitative estimate of drug-likeness (QED) is 0.889. The van der Waals surface area contributed by atoms with Gasteiger partial charge in [0.2, 0.25) is 0 Å². The minimum atomic E-state index is -0.475. The van der Waals surface area contributed by atoms with Crippen LogP contribution < -0.4 is 11.1 Å². The maximum Gasteiger partial charge on any atom is 0.276 e. The van der Waals surface area contributed by atoms with Crippen LogP contribution in [-0.4, -0.2) is 16.1 Å². The van der Waals surface area contributed by atoms with Crippen LogP contribution in [0.15, 0.2) is 28.7 Å².